The van der Waals surface area contributed by atoms with Gasteiger partial charge in [-0.05, 0) is 53.1 Å². The van der Waals surface area contributed by atoms with Crippen molar-refractivity contribution in [3.63, 3.8) is 0 Å². The molecule has 0 radical (unpaired) electrons. The SMILES string of the molecule is COC(=O)c1ccc([C@@H]2C(c3ccc(OC)cc3)=C(O)C(=O)N2Cc2ccc(F)cc2)cc1. The zero-order valence-electron chi connectivity index (χ0n) is 18.1. The van der Waals surface area contributed by atoms with Gasteiger partial charge >= 0.3 is 5.97 Å². The summed E-state index contributed by atoms with van der Waals surface area (Å²) in [7, 11) is 2.86. The van der Waals surface area contributed by atoms with Crippen molar-refractivity contribution < 1.29 is 28.6 Å². The molecular formula is C26H22FNO5. The minimum atomic E-state index is -0.623. The van der Waals surface area contributed by atoms with E-state index in [4.69, 9.17) is 9.47 Å². The van der Waals surface area contributed by atoms with E-state index in [2.05, 4.69) is 0 Å². The van der Waals surface area contributed by atoms with Crippen LogP contribution >= 0.6 is 0 Å². The van der Waals surface area contributed by atoms with Gasteiger partial charge < -0.3 is 19.5 Å². The van der Waals surface area contributed by atoms with E-state index in [9.17, 15) is 19.1 Å². The van der Waals surface area contributed by atoms with Crippen LogP contribution in [0, 0.1) is 5.82 Å². The second kappa shape index (κ2) is 9.16. The van der Waals surface area contributed by atoms with E-state index in [1.807, 2.05) is 0 Å². The minimum absolute atomic E-state index is 0.159. The van der Waals surface area contributed by atoms with E-state index in [-0.39, 0.29) is 18.1 Å². The number of halogens is 1. The van der Waals surface area contributed by atoms with Crippen LogP contribution in [0.15, 0.2) is 78.6 Å². The number of nitrogens with zero attached hydrogens (tertiary/aromatic N) is 1. The molecule has 3 aromatic rings. The van der Waals surface area contributed by atoms with Crippen molar-refractivity contribution in [2.45, 2.75) is 12.6 Å². The van der Waals surface area contributed by atoms with Crippen molar-refractivity contribution in [3.8, 4) is 5.75 Å². The van der Waals surface area contributed by atoms with Crippen molar-refractivity contribution in [3.05, 3.63) is 107 Å². The molecule has 1 aliphatic heterocycles. The lowest BCUT2D eigenvalue weighted by Crippen LogP contribution is -2.29. The molecule has 3 aromatic carbocycles. The standard InChI is InChI=1S/C26H22FNO5/c1-32-21-13-9-17(10-14-21)22-23(18-5-7-19(8-6-18)26(31)33-2)28(25(30)24(22)29)15-16-3-11-20(27)12-4-16/h3-14,23,29H,15H2,1-2H3/t23-/m1/s1. The van der Waals surface area contributed by atoms with Gasteiger partial charge in [0.15, 0.2) is 5.76 Å². The molecule has 0 fully saturated rings. The Morgan fingerprint density at radius 3 is 2.18 bits per heavy atom. The molecule has 0 bridgehead atoms. The Morgan fingerprint density at radius 1 is 0.970 bits per heavy atom. The van der Waals surface area contributed by atoms with E-state index in [0.717, 1.165) is 0 Å². The molecule has 0 aromatic heterocycles. The number of esters is 1. The monoisotopic (exact) mass is 447 g/mol. The van der Waals surface area contributed by atoms with Crippen LogP contribution in [0.5, 0.6) is 5.75 Å². The molecule has 1 N–H and O–H groups in total. The molecule has 1 atom stereocenters. The highest BCUT2D eigenvalue weighted by Gasteiger charge is 2.41. The quantitative estimate of drug-likeness (QED) is 0.556. The first-order valence-electron chi connectivity index (χ1n) is 10.2. The summed E-state index contributed by atoms with van der Waals surface area (Å²) in [6.07, 6.45) is 0. The van der Waals surface area contributed by atoms with Crippen molar-refractivity contribution >= 4 is 17.4 Å². The van der Waals surface area contributed by atoms with Gasteiger partial charge in [0.1, 0.15) is 11.6 Å². The summed E-state index contributed by atoms with van der Waals surface area (Å²) >= 11 is 0. The fourth-order valence-corrected chi connectivity index (χ4v) is 3.93. The summed E-state index contributed by atoms with van der Waals surface area (Å²) in [4.78, 5) is 26.5. The van der Waals surface area contributed by atoms with Crippen molar-refractivity contribution in [1.29, 1.82) is 0 Å². The first kappa shape index (κ1) is 22.1. The number of aliphatic hydroxyl groups is 1. The summed E-state index contributed by atoms with van der Waals surface area (Å²) in [6, 6.07) is 19.0. The zero-order valence-corrected chi connectivity index (χ0v) is 18.1. The summed E-state index contributed by atoms with van der Waals surface area (Å²) in [5.41, 5.74) is 2.88. The van der Waals surface area contributed by atoms with Crippen molar-refractivity contribution in [1.82, 2.24) is 4.90 Å². The molecule has 1 heterocycles. The molecular weight excluding hydrogens is 425 g/mol. The maximum Gasteiger partial charge on any atom is 0.337 e. The van der Waals surface area contributed by atoms with Gasteiger partial charge in [-0.25, -0.2) is 9.18 Å². The van der Waals surface area contributed by atoms with Crippen LogP contribution < -0.4 is 4.74 Å². The van der Waals surface area contributed by atoms with Crippen LogP contribution in [0.1, 0.15) is 33.1 Å². The lowest BCUT2D eigenvalue weighted by Gasteiger charge is -2.27. The van der Waals surface area contributed by atoms with Gasteiger partial charge in [-0.3, -0.25) is 4.79 Å². The highest BCUT2D eigenvalue weighted by atomic mass is 19.1. The van der Waals surface area contributed by atoms with Gasteiger partial charge in [0.2, 0.25) is 0 Å². The van der Waals surface area contributed by atoms with Crippen molar-refractivity contribution in [2.75, 3.05) is 14.2 Å². The Balaban J connectivity index is 1.78. The number of benzene rings is 3. The Hall–Kier alpha value is -4.13. The Kier molecular flexibility index (Phi) is 6.13. The minimum Gasteiger partial charge on any atom is -0.503 e. The summed E-state index contributed by atoms with van der Waals surface area (Å²) < 4.78 is 23.4. The largest absolute Gasteiger partial charge is 0.503 e. The van der Waals surface area contributed by atoms with Gasteiger partial charge in [-0.2, -0.15) is 0 Å². The predicted molar refractivity (Wildman–Crippen MR) is 120 cm³/mol. The zero-order chi connectivity index (χ0) is 23.5. The molecule has 33 heavy (non-hydrogen) atoms. The van der Waals surface area contributed by atoms with Crippen LogP contribution in [-0.2, 0) is 16.1 Å². The highest BCUT2D eigenvalue weighted by Crippen LogP contribution is 2.44. The number of amides is 1. The highest BCUT2D eigenvalue weighted by molar-refractivity contribution is 6.05. The van der Waals surface area contributed by atoms with Gasteiger partial charge in [0, 0.05) is 12.1 Å². The second-order valence-electron chi connectivity index (χ2n) is 7.57. The number of carbonyl (C=O) groups is 2. The fraction of sp³-hybridized carbons (Fsp3) is 0.154. The average molecular weight is 447 g/mol. The fourth-order valence-electron chi connectivity index (χ4n) is 3.93. The Bertz CT molecular complexity index is 1200. The van der Waals surface area contributed by atoms with Gasteiger partial charge in [0.05, 0.1) is 25.8 Å². The molecule has 6 nitrogen and oxygen atoms in total. The molecule has 1 aliphatic rings. The number of carbonyl (C=O) groups excluding carboxylic acids is 2. The number of rotatable bonds is 6. The lowest BCUT2D eigenvalue weighted by atomic mass is 9.92. The average Bonchev–Trinajstić information content (AvgIpc) is 3.10. The summed E-state index contributed by atoms with van der Waals surface area (Å²) in [6.45, 7) is 0.159. The molecule has 0 aliphatic carbocycles. The molecule has 1 amide bonds. The van der Waals surface area contributed by atoms with Crippen molar-refractivity contribution in [2.24, 2.45) is 0 Å². The molecule has 0 spiro atoms. The van der Waals surface area contributed by atoms with E-state index >= 15 is 0 Å². The van der Waals surface area contributed by atoms with Crippen LogP contribution in [0.4, 0.5) is 4.39 Å². The molecule has 4 rings (SSSR count). The number of aliphatic hydroxyl groups excluding tert-OH is 1. The third-order valence-corrected chi connectivity index (χ3v) is 5.62. The van der Waals surface area contributed by atoms with Gasteiger partial charge in [0.25, 0.3) is 5.91 Å². The number of hydrogen-bond donors (Lipinski definition) is 1. The smallest absolute Gasteiger partial charge is 0.337 e. The van der Waals surface area contributed by atoms with E-state index in [1.54, 1.807) is 67.8 Å². The third kappa shape index (κ3) is 4.30. The van der Waals surface area contributed by atoms with Crippen LogP contribution in [-0.4, -0.2) is 36.1 Å². The van der Waals surface area contributed by atoms with E-state index in [1.165, 1.54) is 24.1 Å². The maximum atomic E-state index is 13.4. The number of hydrogen-bond acceptors (Lipinski definition) is 5. The summed E-state index contributed by atoms with van der Waals surface area (Å²) in [5.74, 6) is -1.09. The maximum absolute atomic E-state index is 13.4. The first-order valence-corrected chi connectivity index (χ1v) is 10.2. The summed E-state index contributed by atoms with van der Waals surface area (Å²) in [5, 5.41) is 10.9. The third-order valence-electron chi connectivity index (χ3n) is 5.62. The van der Waals surface area contributed by atoms with Crippen LogP contribution in [0.2, 0.25) is 0 Å². The predicted octanol–water partition coefficient (Wildman–Crippen LogP) is 4.67. The molecule has 168 valence electrons. The number of methoxy groups -OCH3 is 2. The van der Waals surface area contributed by atoms with E-state index in [0.29, 0.717) is 33.6 Å². The molecule has 0 saturated carbocycles. The van der Waals surface area contributed by atoms with Gasteiger partial charge in [-0.1, -0.05) is 36.4 Å². The lowest BCUT2D eigenvalue weighted by molar-refractivity contribution is -0.130. The Labute approximate surface area is 190 Å². The first-order chi connectivity index (χ1) is 15.9. The van der Waals surface area contributed by atoms with E-state index < -0.39 is 17.9 Å². The molecule has 0 saturated heterocycles. The topological polar surface area (TPSA) is 76.1 Å². The van der Waals surface area contributed by atoms with Gasteiger partial charge in [-0.15, -0.1) is 0 Å². The Morgan fingerprint density at radius 2 is 1.61 bits per heavy atom. The molecule has 7 heteroatoms. The van der Waals surface area contributed by atoms with Crippen LogP contribution in [0.3, 0.4) is 0 Å². The molecule has 0 unspecified atom stereocenters. The number of ether oxygens (including phenoxy) is 2. The normalized spacial score (nSPS) is 15.7. The van der Waals surface area contributed by atoms with Crippen LogP contribution in [0.25, 0.3) is 5.57 Å². The second-order valence-corrected chi connectivity index (χ2v) is 7.57.